The topological polar surface area (TPSA) is 64.3 Å². The molecule has 0 atom stereocenters. The Bertz CT molecular complexity index is 1220. The number of imidazole rings is 1. The molecule has 6 heteroatoms. The zero-order chi connectivity index (χ0) is 22.0. The Balaban J connectivity index is 1.54. The largest absolute Gasteiger partial charge is 0.494 e. The fourth-order valence-electron chi connectivity index (χ4n) is 3.69. The highest BCUT2D eigenvalue weighted by molar-refractivity contribution is 6.32. The van der Waals surface area contributed by atoms with Gasteiger partial charge in [-0.05, 0) is 67.8 Å². The third kappa shape index (κ3) is 4.42. The Kier molecular flexibility index (Phi) is 5.96. The molecule has 0 spiro atoms. The van der Waals surface area contributed by atoms with Crippen LogP contribution in [0, 0.1) is 13.8 Å². The van der Waals surface area contributed by atoms with Crippen molar-refractivity contribution in [2.75, 3.05) is 6.61 Å². The molecule has 0 aliphatic rings. The molecule has 3 aromatic carbocycles. The van der Waals surface area contributed by atoms with E-state index in [1.54, 1.807) is 24.3 Å². The van der Waals surface area contributed by atoms with Crippen molar-refractivity contribution in [2.45, 2.75) is 26.8 Å². The van der Waals surface area contributed by atoms with Crippen molar-refractivity contribution >= 4 is 28.6 Å². The van der Waals surface area contributed by atoms with Gasteiger partial charge >= 0.3 is 5.97 Å². The summed E-state index contributed by atoms with van der Waals surface area (Å²) in [6, 6.07) is 18.7. The number of benzene rings is 3. The van der Waals surface area contributed by atoms with E-state index in [-0.39, 0.29) is 5.56 Å². The Morgan fingerprint density at radius 3 is 2.42 bits per heavy atom. The maximum absolute atomic E-state index is 11.2. The van der Waals surface area contributed by atoms with Gasteiger partial charge < -0.3 is 14.4 Å². The van der Waals surface area contributed by atoms with Gasteiger partial charge in [-0.1, -0.05) is 35.9 Å². The third-order valence-corrected chi connectivity index (χ3v) is 5.85. The first-order valence-electron chi connectivity index (χ1n) is 10.1. The minimum Gasteiger partial charge on any atom is -0.494 e. The summed E-state index contributed by atoms with van der Waals surface area (Å²) in [5.74, 6) is 0.695. The van der Waals surface area contributed by atoms with Crippen molar-refractivity contribution in [3.8, 4) is 17.1 Å². The van der Waals surface area contributed by atoms with Gasteiger partial charge in [0, 0.05) is 17.1 Å². The van der Waals surface area contributed by atoms with E-state index in [9.17, 15) is 4.79 Å². The highest BCUT2D eigenvalue weighted by atomic mass is 35.5. The second kappa shape index (κ2) is 8.82. The highest BCUT2D eigenvalue weighted by Gasteiger charge is 2.13. The molecular formula is C25H23ClN2O3. The summed E-state index contributed by atoms with van der Waals surface area (Å²) in [4.78, 5) is 16.0. The molecule has 4 aromatic rings. The lowest BCUT2D eigenvalue weighted by Crippen LogP contribution is -2.06. The molecule has 0 bridgehead atoms. The van der Waals surface area contributed by atoms with Crippen molar-refractivity contribution in [1.82, 2.24) is 9.55 Å². The molecule has 0 radical (unpaired) electrons. The molecular weight excluding hydrogens is 412 g/mol. The monoisotopic (exact) mass is 434 g/mol. The number of carbonyl (C=O) groups is 1. The van der Waals surface area contributed by atoms with E-state index in [0.29, 0.717) is 6.61 Å². The zero-order valence-electron chi connectivity index (χ0n) is 17.4. The summed E-state index contributed by atoms with van der Waals surface area (Å²) in [5, 5.41) is 9.93. The Morgan fingerprint density at radius 2 is 1.74 bits per heavy atom. The molecule has 158 valence electrons. The maximum Gasteiger partial charge on any atom is 0.335 e. The second-order valence-corrected chi connectivity index (χ2v) is 7.91. The number of aryl methyl sites for hydroxylation is 3. The smallest absolute Gasteiger partial charge is 0.335 e. The molecule has 1 N–H and O–H groups in total. The molecule has 1 heterocycles. The van der Waals surface area contributed by atoms with Crippen molar-refractivity contribution in [3.05, 3.63) is 82.4 Å². The van der Waals surface area contributed by atoms with Gasteiger partial charge in [0.2, 0.25) is 0 Å². The van der Waals surface area contributed by atoms with Crippen molar-refractivity contribution in [3.63, 3.8) is 0 Å². The summed E-state index contributed by atoms with van der Waals surface area (Å²) in [6.45, 7) is 5.23. The van der Waals surface area contributed by atoms with E-state index in [1.807, 2.05) is 50.2 Å². The molecule has 0 fully saturated rings. The van der Waals surface area contributed by atoms with E-state index in [2.05, 4.69) is 4.57 Å². The van der Waals surface area contributed by atoms with Gasteiger partial charge in [0.1, 0.15) is 11.6 Å². The van der Waals surface area contributed by atoms with Gasteiger partial charge in [-0.2, -0.15) is 0 Å². The Morgan fingerprint density at radius 1 is 1.06 bits per heavy atom. The predicted octanol–water partition coefficient (Wildman–Crippen LogP) is 6.14. The average Bonchev–Trinajstić information content (AvgIpc) is 3.13. The number of halogens is 1. The van der Waals surface area contributed by atoms with E-state index >= 15 is 0 Å². The van der Waals surface area contributed by atoms with Crippen LogP contribution in [0.4, 0.5) is 0 Å². The number of hydrogen-bond acceptors (Lipinski definition) is 3. The summed E-state index contributed by atoms with van der Waals surface area (Å²) in [6.07, 6.45) is 0.793. The lowest BCUT2D eigenvalue weighted by Gasteiger charge is -2.12. The Hall–Kier alpha value is -3.31. The number of carboxylic acids is 1. The fourth-order valence-corrected chi connectivity index (χ4v) is 3.80. The number of aromatic carboxylic acids is 1. The van der Waals surface area contributed by atoms with Crippen LogP contribution in [-0.4, -0.2) is 27.2 Å². The van der Waals surface area contributed by atoms with E-state index in [0.717, 1.165) is 57.3 Å². The van der Waals surface area contributed by atoms with Crippen molar-refractivity contribution < 1.29 is 14.6 Å². The molecule has 0 unspecified atom stereocenters. The first-order valence-corrected chi connectivity index (χ1v) is 10.5. The molecule has 4 rings (SSSR count). The molecule has 31 heavy (non-hydrogen) atoms. The van der Waals surface area contributed by atoms with Crippen LogP contribution in [0.15, 0.2) is 60.7 Å². The van der Waals surface area contributed by atoms with Crippen LogP contribution in [0.3, 0.4) is 0 Å². The molecule has 0 amide bonds. The second-order valence-electron chi connectivity index (χ2n) is 7.53. The quantitative estimate of drug-likeness (QED) is 0.355. The minimum absolute atomic E-state index is 0.258. The molecule has 1 aromatic heterocycles. The van der Waals surface area contributed by atoms with Crippen LogP contribution >= 0.6 is 11.6 Å². The number of aromatic nitrogens is 2. The molecule has 0 aliphatic carbocycles. The average molecular weight is 435 g/mol. The SMILES string of the molecule is Cc1cc(OCCCn2c(-c3ccc(C(=O)O)cc3)nc3ccccc32)cc(C)c1Cl. The molecule has 0 aliphatic heterocycles. The number of hydrogen-bond donors (Lipinski definition) is 1. The highest BCUT2D eigenvalue weighted by Crippen LogP contribution is 2.27. The van der Waals surface area contributed by atoms with Crippen LogP contribution < -0.4 is 4.74 Å². The lowest BCUT2D eigenvalue weighted by atomic mass is 10.1. The summed E-state index contributed by atoms with van der Waals surface area (Å²) >= 11 is 6.24. The maximum atomic E-state index is 11.2. The van der Waals surface area contributed by atoms with Crippen LogP contribution in [0.25, 0.3) is 22.4 Å². The van der Waals surface area contributed by atoms with Crippen LogP contribution in [0.1, 0.15) is 27.9 Å². The summed E-state index contributed by atoms with van der Waals surface area (Å²) in [7, 11) is 0. The van der Waals surface area contributed by atoms with Gasteiger partial charge in [0.05, 0.1) is 23.2 Å². The fraction of sp³-hybridized carbons (Fsp3) is 0.200. The molecule has 0 saturated heterocycles. The van der Waals surface area contributed by atoms with Gasteiger partial charge in [0.15, 0.2) is 0 Å². The van der Waals surface area contributed by atoms with E-state index in [4.69, 9.17) is 26.4 Å². The van der Waals surface area contributed by atoms with E-state index < -0.39 is 5.97 Å². The first kappa shape index (κ1) is 20.9. The van der Waals surface area contributed by atoms with Gasteiger partial charge in [0.25, 0.3) is 0 Å². The Labute approximate surface area is 185 Å². The van der Waals surface area contributed by atoms with E-state index in [1.165, 1.54) is 0 Å². The predicted molar refractivity (Wildman–Crippen MR) is 123 cm³/mol. The molecule has 0 saturated carbocycles. The van der Waals surface area contributed by atoms with Crippen LogP contribution in [-0.2, 0) is 6.54 Å². The van der Waals surface area contributed by atoms with Gasteiger partial charge in [-0.15, -0.1) is 0 Å². The minimum atomic E-state index is -0.940. The zero-order valence-corrected chi connectivity index (χ0v) is 18.2. The normalized spacial score (nSPS) is 11.1. The van der Waals surface area contributed by atoms with Crippen LogP contribution in [0.2, 0.25) is 5.02 Å². The van der Waals surface area contributed by atoms with Gasteiger partial charge in [-0.3, -0.25) is 0 Å². The number of fused-ring (bicyclic) bond motifs is 1. The summed E-state index contributed by atoms with van der Waals surface area (Å²) < 4.78 is 8.12. The standard InChI is InChI=1S/C25H23ClN2O3/c1-16-14-20(15-17(2)23(16)26)31-13-5-12-28-22-7-4-3-6-21(22)27-24(28)18-8-10-19(11-9-18)25(29)30/h3-4,6-11,14-15H,5,12-13H2,1-2H3,(H,29,30). The molecule has 5 nitrogen and oxygen atoms in total. The lowest BCUT2D eigenvalue weighted by molar-refractivity contribution is 0.0697. The van der Waals surface area contributed by atoms with Crippen LogP contribution in [0.5, 0.6) is 5.75 Å². The van der Waals surface area contributed by atoms with Crippen molar-refractivity contribution in [2.24, 2.45) is 0 Å². The number of carboxylic acid groups (broad SMARTS) is 1. The van der Waals surface area contributed by atoms with Gasteiger partial charge in [-0.25, -0.2) is 9.78 Å². The van der Waals surface area contributed by atoms with Crippen molar-refractivity contribution in [1.29, 1.82) is 0 Å². The first-order chi connectivity index (χ1) is 14.9. The summed E-state index contributed by atoms with van der Waals surface area (Å²) in [5.41, 5.74) is 5.09. The number of ether oxygens (including phenoxy) is 1. The number of para-hydroxylation sites is 2. The number of nitrogens with zero attached hydrogens (tertiary/aromatic N) is 2. The third-order valence-electron chi connectivity index (χ3n) is 5.25. The number of rotatable bonds is 7.